The molecule has 1 aliphatic heterocycles. The van der Waals surface area contributed by atoms with Crippen LogP contribution in [0.1, 0.15) is 0 Å². The van der Waals surface area contributed by atoms with Gasteiger partial charge in [-0.15, -0.1) is 0 Å². The second-order valence-corrected chi connectivity index (χ2v) is 12.6. The molecule has 4 nitrogen and oxygen atoms in total. The Morgan fingerprint density at radius 2 is 1.06 bits per heavy atom. The van der Waals surface area contributed by atoms with Gasteiger partial charge in [0, 0.05) is 38.4 Å². The summed E-state index contributed by atoms with van der Waals surface area (Å²) in [6.07, 6.45) is 0. The minimum Gasteiger partial charge on any atom is -0.309 e. The lowest BCUT2D eigenvalue weighted by atomic mass is 9.96. The minimum absolute atomic E-state index is 0.859. The van der Waals surface area contributed by atoms with Crippen LogP contribution < -0.4 is 0 Å². The van der Waals surface area contributed by atoms with E-state index >= 15 is 0 Å². The number of nitrogens with zero attached hydrogens (tertiary/aromatic N) is 4. The molecule has 10 aromatic rings. The second kappa shape index (κ2) is 9.50. The first-order valence-corrected chi connectivity index (χ1v) is 16.3. The highest BCUT2D eigenvalue weighted by Crippen LogP contribution is 2.46. The first-order chi connectivity index (χ1) is 23.8. The van der Waals surface area contributed by atoms with E-state index < -0.39 is 0 Å². The number of benzene rings is 7. The van der Waals surface area contributed by atoms with Gasteiger partial charge in [-0.25, -0.2) is 9.97 Å². The van der Waals surface area contributed by atoms with E-state index in [-0.39, 0.29) is 0 Å². The van der Waals surface area contributed by atoms with Gasteiger partial charge in [-0.3, -0.25) is 4.57 Å². The molecule has 48 heavy (non-hydrogen) atoms. The molecule has 1 aliphatic rings. The fraction of sp³-hybridized carbons (Fsp3) is 0. The van der Waals surface area contributed by atoms with Crippen molar-refractivity contribution in [3.63, 3.8) is 0 Å². The number of fused-ring (bicyclic) bond motifs is 12. The number of hydrogen-bond donors (Lipinski definition) is 0. The summed E-state index contributed by atoms with van der Waals surface area (Å²) in [5.41, 5.74) is 14.3. The highest BCUT2D eigenvalue weighted by molar-refractivity contribution is 6.17. The fourth-order valence-corrected chi connectivity index (χ4v) is 7.94. The first-order valence-electron chi connectivity index (χ1n) is 16.3. The fourth-order valence-electron chi connectivity index (χ4n) is 7.94. The number of para-hydroxylation sites is 4. The van der Waals surface area contributed by atoms with Gasteiger partial charge in [0.25, 0.3) is 0 Å². The maximum atomic E-state index is 5.35. The largest absolute Gasteiger partial charge is 0.309 e. The van der Waals surface area contributed by atoms with Gasteiger partial charge in [-0.2, -0.15) is 0 Å². The Labute approximate surface area is 275 Å². The molecule has 0 saturated heterocycles. The van der Waals surface area contributed by atoms with Gasteiger partial charge in [0.1, 0.15) is 5.69 Å². The van der Waals surface area contributed by atoms with E-state index in [1.54, 1.807) is 0 Å². The van der Waals surface area contributed by atoms with Crippen molar-refractivity contribution in [1.82, 2.24) is 19.1 Å². The Hall–Kier alpha value is -6.52. The molecule has 0 saturated carbocycles. The monoisotopic (exact) mass is 610 g/mol. The van der Waals surface area contributed by atoms with Crippen LogP contribution in [0.5, 0.6) is 0 Å². The zero-order valence-corrected chi connectivity index (χ0v) is 25.8. The predicted octanol–water partition coefficient (Wildman–Crippen LogP) is 11.1. The van der Waals surface area contributed by atoms with Crippen LogP contribution in [0.25, 0.3) is 99.7 Å². The molecule has 0 unspecified atom stereocenters. The van der Waals surface area contributed by atoms with Gasteiger partial charge in [-0.05, 0) is 59.2 Å². The molecular formula is C44H26N4. The van der Waals surface area contributed by atoms with Crippen molar-refractivity contribution in [2.45, 2.75) is 0 Å². The Kier molecular flexibility index (Phi) is 5.08. The minimum atomic E-state index is 0.859. The molecule has 0 amide bonds. The molecule has 0 aliphatic carbocycles. The molecule has 4 heterocycles. The summed E-state index contributed by atoms with van der Waals surface area (Å²) in [6, 6.07) is 56.5. The summed E-state index contributed by atoms with van der Waals surface area (Å²) in [7, 11) is 0. The maximum absolute atomic E-state index is 5.35. The van der Waals surface area contributed by atoms with Crippen LogP contribution in [-0.4, -0.2) is 19.1 Å². The lowest BCUT2D eigenvalue weighted by Crippen LogP contribution is -2.03. The third kappa shape index (κ3) is 3.43. The topological polar surface area (TPSA) is 35.6 Å². The zero-order valence-electron chi connectivity index (χ0n) is 25.8. The molecule has 4 heteroatoms. The average molecular weight is 611 g/mol. The van der Waals surface area contributed by atoms with Crippen molar-refractivity contribution >= 4 is 54.6 Å². The molecular weight excluding hydrogens is 585 g/mol. The lowest BCUT2D eigenvalue weighted by Gasteiger charge is -2.13. The Bertz CT molecular complexity index is 2950. The summed E-state index contributed by atoms with van der Waals surface area (Å²) in [4.78, 5) is 10.6. The SMILES string of the molecule is c1ccc(-c2ccc3c(c2)c2ccccc2n3-c2ccc3c4cccc5c4n(c3c2)-c2nc3ccccc3nc2-c2ccccc2-5)cc1. The zero-order chi connectivity index (χ0) is 31.3. The van der Waals surface area contributed by atoms with Crippen LogP contribution >= 0.6 is 0 Å². The van der Waals surface area contributed by atoms with E-state index in [0.717, 1.165) is 44.8 Å². The van der Waals surface area contributed by atoms with Crippen LogP contribution in [0, 0.1) is 0 Å². The Morgan fingerprint density at radius 1 is 0.375 bits per heavy atom. The van der Waals surface area contributed by atoms with E-state index in [0.29, 0.717) is 0 Å². The summed E-state index contributed by atoms with van der Waals surface area (Å²) < 4.78 is 4.77. The van der Waals surface area contributed by atoms with E-state index in [1.165, 1.54) is 54.8 Å². The Balaban J connectivity index is 1.25. The van der Waals surface area contributed by atoms with Crippen molar-refractivity contribution in [1.29, 1.82) is 0 Å². The highest BCUT2D eigenvalue weighted by atomic mass is 15.1. The van der Waals surface area contributed by atoms with E-state index in [2.05, 4.69) is 155 Å². The van der Waals surface area contributed by atoms with Crippen molar-refractivity contribution < 1.29 is 0 Å². The van der Waals surface area contributed by atoms with Crippen molar-refractivity contribution in [3.8, 4) is 45.0 Å². The van der Waals surface area contributed by atoms with Gasteiger partial charge in [0.05, 0.1) is 33.1 Å². The standard InChI is InChI=1S/C44H26N4/c1-2-11-27(12-3-1)28-21-24-40-36(25-28)31-14-6-9-20-39(31)47(40)29-22-23-32-35-17-10-16-34-30-13-4-5-15-33(30)42-44(48(43(34)35)41(32)26-29)46-38-19-8-7-18-37(38)45-42/h1-26H. The molecule has 0 atom stereocenters. The molecule has 0 N–H and O–H groups in total. The summed E-state index contributed by atoms with van der Waals surface area (Å²) in [6.45, 7) is 0. The third-order valence-electron chi connectivity index (χ3n) is 10.0. The molecule has 0 fully saturated rings. The third-order valence-corrected chi connectivity index (χ3v) is 10.0. The second-order valence-electron chi connectivity index (χ2n) is 12.6. The molecule has 0 radical (unpaired) electrons. The number of hydrogen-bond acceptors (Lipinski definition) is 2. The highest BCUT2D eigenvalue weighted by Gasteiger charge is 2.27. The number of aromatic nitrogens is 4. The molecule has 0 spiro atoms. The van der Waals surface area contributed by atoms with Crippen molar-refractivity contribution in [3.05, 3.63) is 158 Å². The van der Waals surface area contributed by atoms with E-state index in [4.69, 9.17) is 9.97 Å². The van der Waals surface area contributed by atoms with Crippen LogP contribution in [-0.2, 0) is 0 Å². The Morgan fingerprint density at radius 3 is 1.96 bits per heavy atom. The van der Waals surface area contributed by atoms with Gasteiger partial charge in [-0.1, -0.05) is 115 Å². The molecule has 222 valence electrons. The molecule has 3 aromatic heterocycles. The van der Waals surface area contributed by atoms with Crippen LogP contribution in [0.15, 0.2) is 158 Å². The quantitative estimate of drug-likeness (QED) is 0.195. The summed E-state index contributed by atoms with van der Waals surface area (Å²) >= 11 is 0. The van der Waals surface area contributed by atoms with Gasteiger partial charge in [0.15, 0.2) is 5.82 Å². The van der Waals surface area contributed by atoms with Crippen LogP contribution in [0.3, 0.4) is 0 Å². The normalized spacial score (nSPS) is 12.2. The number of rotatable bonds is 2. The van der Waals surface area contributed by atoms with Crippen molar-refractivity contribution in [2.24, 2.45) is 0 Å². The summed E-state index contributed by atoms with van der Waals surface area (Å²) in [5.74, 6) is 0.859. The van der Waals surface area contributed by atoms with Crippen LogP contribution in [0.4, 0.5) is 0 Å². The average Bonchev–Trinajstić information content (AvgIpc) is 3.62. The van der Waals surface area contributed by atoms with Gasteiger partial charge in [0.2, 0.25) is 0 Å². The summed E-state index contributed by atoms with van der Waals surface area (Å²) in [5, 5.41) is 4.89. The van der Waals surface area contributed by atoms with E-state index in [1.807, 2.05) is 12.1 Å². The smallest absolute Gasteiger partial charge is 0.165 e. The molecule has 0 bridgehead atoms. The van der Waals surface area contributed by atoms with Gasteiger partial charge >= 0.3 is 0 Å². The van der Waals surface area contributed by atoms with Crippen LogP contribution in [0.2, 0.25) is 0 Å². The van der Waals surface area contributed by atoms with E-state index in [9.17, 15) is 0 Å². The molecule has 7 aromatic carbocycles. The van der Waals surface area contributed by atoms with Gasteiger partial charge < -0.3 is 4.57 Å². The predicted molar refractivity (Wildman–Crippen MR) is 198 cm³/mol. The maximum Gasteiger partial charge on any atom is 0.165 e. The lowest BCUT2D eigenvalue weighted by molar-refractivity contribution is 1.08. The van der Waals surface area contributed by atoms with Crippen molar-refractivity contribution in [2.75, 3.05) is 0 Å². The molecule has 11 rings (SSSR count). The first kappa shape index (κ1) is 25.6.